The normalized spacial score (nSPS) is 12.0. The van der Waals surface area contributed by atoms with E-state index in [0.29, 0.717) is 16.9 Å². The Hall–Kier alpha value is -3.08. The van der Waals surface area contributed by atoms with Gasteiger partial charge in [0.25, 0.3) is 0 Å². The fourth-order valence-electron chi connectivity index (χ4n) is 2.24. The molecule has 0 saturated carbocycles. The highest BCUT2D eigenvalue weighted by atomic mass is 16.5. The minimum atomic E-state index is -1.06. The molecule has 0 aliphatic carbocycles. The Balaban J connectivity index is 2.03. The molecule has 0 saturated heterocycles. The first-order chi connectivity index (χ1) is 11.0. The van der Waals surface area contributed by atoms with Crippen molar-refractivity contribution in [3.63, 3.8) is 0 Å². The number of ether oxygens (including phenoxy) is 1. The van der Waals surface area contributed by atoms with Gasteiger partial charge in [-0.25, -0.2) is 9.59 Å². The summed E-state index contributed by atoms with van der Waals surface area (Å²) in [6, 6.07) is 15.9. The molecular formula is C18H14O5. The number of hydrogen-bond acceptors (Lipinski definition) is 4. The van der Waals surface area contributed by atoms with Crippen LogP contribution in [0.2, 0.25) is 0 Å². The molecule has 0 bridgehead atoms. The van der Waals surface area contributed by atoms with Crippen molar-refractivity contribution < 1.29 is 19.1 Å². The van der Waals surface area contributed by atoms with Gasteiger partial charge in [-0.3, -0.25) is 0 Å². The van der Waals surface area contributed by atoms with Crippen LogP contribution < -0.4 is 10.4 Å². The smallest absolute Gasteiger partial charge is 0.344 e. The summed E-state index contributed by atoms with van der Waals surface area (Å²) in [5.41, 5.74) is 1.16. The number of hydrogen-bond donors (Lipinski definition) is 1. The van der Waals surface area contributed by atoms with Crippen LogP contribution in [-0.2, 0) is 4.79 Å². The molecular weight excluding hydrogens is 296 g/mol. The first kappa shape index (κ1) is 14.8. The van der Waals surface area contributed by atoms with Gasteiger partial charge >= 0.3 is 11.6 Å². The molecule has 1 aromatic heterocycles. The number of fused-ring (bicyclic) bond motifs is 1. The minimum absolute atomic E-state index is 0.336. The zero-order chi connectivity index (χ0) is 16.4. The quantitative estimate of drug-likeness (QED) is 0.748. The zero-order valence-corrected chi connectivity index (χ0v) is 12.4. The monoisotopic (exact) mass is 310 g/mol. The topological polar surface area (TPSA) is 76.7 Å². The Morgan fingerprint density at radius 1 is 1.13 bits per heavy atom. The van der Waals surface area contributed by atoms with E-state index >= 15 is 0 Å². The predicted molar refractivity (Wildman–Crippen MR) is 85.6 cm³/mol. The number of carboxylic acids is 1. The molecule has 5 nitrogen and oxygen atoms in total. The predicted octanol–water partition coefficient (Wildman–Crippen LogP) is 3.31. The molecule has 0 amide bonds. The number of carbonyl (C=O) groups is 1. The molecule has 0 fully saturated rings. The highest BCUT2D eigenvalue weighted by Gasteiger charge is 2.13. The molecule has 0 spiro atoms. The van der Waals surface area contributed by atoms with Crippen LogP contribution in [0.4, 0.5) is 0 Å². The van der Waals surface area contributed by atoms with Crippen molar-refractivity contribution in [2.45, 2.75) is 13.0 Å². The summed E-state index contributed by atoms with van der Waals surface area (Å²) in [5, 5.41) is 9.60. The standard InChI is InChI=1S/C18H14O5/c1-11(17(19)20)22-14-8-7-13-9-15(12-5-3-2-4-6-12)18(21)23-16(13)10-14/h2-11H,1H3,(H,19,20). The Bertz CT molecular complexity index is 912. The van der Waals surface area contributed by atoms with Crippen LogP contribution >= 0.6 is 0 Å². The van der Waals surface area contributed by atoms with Crippen molar-refractivity contribution in [3.05, 3.63) is 65.0 Å². The molecule has 0 radical (unpaired) electrons. The Morgan fingerprint density at radius 3 is 2.57 bits per heavy atom. The average Bonchev–Trinajstić information content (AvgIpc) is 2.54. The lowest BCUT2D eigenvalue weighted by atomic mass is 10.1. The van der Waals surface area contributed by atoms with E-state index in [-0.39, 0.29) is 0 Å². The van der Waals surface area contributed by atoms with Gasteiger partial charge in [-0.2, -0.15) is 0 Å². The summed E-state index contributed by atoms with van der Waals surface area (Å²) in [6.07, 6.45) is -0.984. The third-order valence-electron chi connectivity index (χ3n) is 3.45. The van der Waals surface area contributed by atoms with Gasteiger partial charge in [0.2, 0.25) is 0 Å². The number of aliphatic carboxylic acids is 1. The van der Waals surface area contributed by atoms with E-state index in [1.165, 1.54) is 13.0 Å². The van der Waals surface area contributed by atoms with Crippen molar-refractivity contribution in [1.82, 2.24) is 0 Å². The van der Waals surface area contributed by atoms with Crippen LogP contribution in [0, 0.1) is 0 Å². The Kier molecular flexibility index (Phi) is 3.85. The van der Waals surface area contributed by atoms with Gasteiger partial charge in [-0.15, -0.1) is 0 Å². The van der Waals surface area contributed by atoms with E-state index in [9.17, 15) is 9.59 Å². The van der Waals surface area contributed by atoms with Gasteiger partial charge in [0.1, 0.15) is 11.3 Å². The lowest BCUT2D eigenvalue weighted by Gasteiger charge is -2.10. The fraction of sp³-hybridized carbons (Fsp3) is 0.111. The van der Waals surface area contributed by atoms with Crippen molar-refractivity contribution in [1.29, 1.82) is 0 Å². The molecule has 1 atom stereocenters. The van der Waals surface area contributed by atoms with Gasteiger partial charge in [-0.1, -0.05) is 30.3 Å². The third kappa shape index (κ3) is 3.08. The van der Waals surface area contributed by atoms with E-state index < -0.39 is 17.7 Å². The Labute approximate surface area is 131 Å². The van der Waals surface area contributed by atoms with E-state index in [4.69, 9.17) is 14.3 Å². The van der Waals surface area contributed by atoms with Gasteiger partial charge < -0.3 is 14.3 Å². The van der Waals surface area contributed by atoms with Crippen LogP contribution in [0.1, 0.15) is 6.92 Å². The van der Waals surface area contributed by atoms with E-state index in [2.05, 4.69) is 0 Å². The second kappa shape index (κ2) is 5.96. The number of rotatable bonds is 4. The third-order valence-corrected chi connectivity index (χ3v) is 3.45. The fourth-order valence-corrected chi connectivity index (χ4v) is 2.24. The molecule has 116 valence electrons. The van der Waals surface area contributed by atoms with Crippen molar-refractivity contribution in [2.24, 2.45) is 0 Å². The molecule has 1 heterocycles. The maximum absolute atomic E-state index is 12.2. The molecule has 3 rings (SSSR count). The highest BCUT2D eigenvalue weighted by molar-refractivity contribution is 5.83. The molecule has 1 N–H and O–H groups in total. The highest BCUT2D eigenvalue weighted by Crippen LogP contribution is 2.24. The minimum Gasteiger partial charge on any atom is -0.479 e. The largest absolute Gasteiger partial charge is 0.479 e. The summed E-state index contributed by atoms with van der Waals surface area (Å²) in [4.78, 5) is 23.0. The first-order valence-electron chi connectivity index (χ1n) is 7.07. The van der Waals surface area contributed by atoms with Crippen molar-refractivity contribution in [2.75, 3.05) is 0 Å². The first-order valence-corrected chi connectivity index (χ1v) is 7.07. The van der Waals surface area contributed by atoms with E-state index in [1.54, 1.807) is 18.2 Å². The summed E-state index contributed by atoms with van der Waals surface area (Å²) in [5.74, 6) is -0.728. The lowest BCUT2D eigenvalue weighted by Crippen LogP contribution is -2.22. The average molecular weight is 310 g/mol. The van der Waals surface area contributed by atoms with Crippen molar-refractivity contribution >= 4 is 16.9 Å². The van der Waals surface area contributed by atoms with Gasteiger partial charge in [0.15, 0.2) is 6.10 Å². The molecule has 23 heavy (non-hydrogen) atoms. The van der Waals surface area contributed by atoms with Crippen LogP contribution in [0.3, 0.4) is 0 Å². The number of carboxylic acid groups (broad SMARTS) is 1. The summed E-state index contributed by atoms with van der Waals surface area (Å²) >= 11 is 0. The summed E-state index contributed by atoms with van der Waals surface area (Å²) in [6.45, 7) is 1.43. The molecule has 0 aliphatic rings. The summed E-state index contributed by atoms with van der Waals surface area (Å²) in [7, 11) is 0. The molecule has 3 aromatic rings. The second-order valence-corrected chi connectivity index (χ2v) is 5.11. The van der Waals surface area contributed by atoms with Crippen LogP contribution in [-0.4, -0.2) is 17.2 Å². The lowest BCUT2D eigenvalue weighted by molar-refractivity contribution is -0.144. The maximum atomic E-state index is 12.2. The zero-order valence-electron chi connectivity index (χ0n) is 12.4. The SMILES string of the molecule is CC(Oc1ccc2cc(-c3ccccc3)c(=O)oc2c1)C(=O)O. The van der Waals surface area contributed by atoms with Crippen molar-refractivity contribution in [3.8, 4) is 16.9 Å². The van der Waals surface area contributed by atoms with Crippen LogP contribution in [0.25, 0.3) is 22.1 Å². The second-order valence-electron chi connectivity index (χ2n) is 5.11. The maximum Gasteiger partial charge on any atom is 0.344 e. The van der Waals surface area contributed by atoms with Gasteiger partial charge in [-0.05, 0) is 30.7 Å². The Morgan fingerprint density at radius 2 is 1.87 bits per heavy atom. The van der Waals surface area contributed by atoms with E-state index in [0.717, 1.165) is 10.9 Å². The van der Waals surface area contributed by atoms with Gasteiger partial charge in [0, 0.05) is 11.5 Å². The van der Waals surface area contributed by atoms with Gasteiger partial charge in [0.05, 0.1) is 5.56 Å². The molecule has 0 aliphatic heterocycles. The summed E-state index contributed by atoms with van der Waals surface area (Å²) < 4.78 is 10.6. The number of benzene rings is 2. The van der Waals surface area contributed by atoms with Crippen LogP contribution in [0.15, 0.2) is 63.8 Å². The molecule has 2 aromatic carbocycles. The molecule has 5 heteroatoms. The molecule has 1 unspecified atom stereocenters. The van der Waals surface area contributed by atoms with E-state index in [1.807, 2.05) is 30.3 Å². The van der Waals surface area contributed by atoms with Crippen LogP contribution in [0.5, 0.6) is 5.75 Å².